The van der Waals surface area contributed by atoms with Crippen LogP contribution in [0.5, 0.6) is 0 Å². The maximum atomic E-state index is 13.0. The quantitative estimate of drug-likeness (QED) is 0.373. The molecule has 0 radical (unpaired) electrons. The van der Waals surface area contributed by atoms with E-state index in [1.165, 1.54) is 18.2 Å². The molecule has 0 saturated carbocycles. The van der Waals surface area contributed by atoms with Crippen molar-refractivity contribution >= 4 is 27.9 Å². The summed E-state index contributed by atoms with van der Waals surface area (Å²) in [4.78, 5) is 11.1. The van der Waals surface area contributed by atoms with Crippen molar-refractivity contribution in [1.82, 2.24) is 0 Å². The summed E-state index contributed by atoms with van der Waals surface area (Å²) in [6, 6.07) is 4.08. The summed E-state index contributed by atoms with van der Waals surface area (Å²) >= 11 is 3.12. The van der Waals surface area contributed by atoms with Crippen molar-refractivity contribution in [3.8, 4) is 0 Å². The van der Waals surface area contributed by atoms with Crippen LogP contribution in [0.4, 0.5) is 4.39 Å². The van der Waals surface area contributed by atoms with Gasteiger partial charge in [-0.25, -0.2) is 4.39 Å². The Balaban J connectivity index is 3.13. The summed E-state index contributed by atoms with van der Waals surface area (Å²) in [5, 5.41) is 3.03. The second-order valence-electron chi connectivity index (χ2n) is 2.27. The van der Waals surface area contributed by atoms with E-state index < -0.39 is 11.6 Å². The van der Waals surface area contributed by atoms with E-state index in [0.717, 1.165) is 6.21 Å². The van der Waals surface area contributed by atoms with Crippen molar-refractivity contribution in [1.29, 1.82) is 0 Å². The van der Waals surface area contributed by atoms with Gasteiger partial charge in [0.15, 0.2) is 0 Å². The predicted molar refractivity (Wildman–Crippen MR) is 51.1 cm³/mol. The first-order chi connectivity index (χ1) is 6.15. The van der Waals surface area contributed by atoms with Crippen molar-refractivity contribution in [3.63, 3.8) is 0 Å². The topological polar surface area (TPSA) is 55.4 Å². The first kappa shape index (κ1) is 9.85. The molecule has 0 unspecified atom stereocenters. The average molecular weight is 245 g/mol. The molecule has 1 aromatic carbocycles. The van der Waals surface area contributed by atoms with Crippen molar-refractivity contribution in [2.75, 3.05) is 0 Å². The van der Waals surface area contributed by atoms with E-state index in [1.807, 2.05) is 0 Å². The lowest BCUT2D eigenvalue weighted by Crippen LogP contribution is -2.04. The molecule has 1 rings (SSSR count). The molecule has 0 aromatic heterocycles. The highest BCUT2D eigenvalue weighted by Gasteiger charge is 2.09. The standard InChI is InChI=1S/C8H6BrFN2O/c9-5-1-2-7(10)6(3-5)8(13)4-12-11/h1-4H,11H2. The number of carbonyl (C=O) groups is 1. The molecule has 1 aromatic rings. The third-order valence-electron chi connectivity index (χ3n) is 1.39. The monoisotopic (exact) mass is 244 g/mol. The fourth-order valence-electron chi connectivity index (χ4n) is 0.824. The highest BCUT2D eigenvalue weighted by atomic mass is 79.9. The third kappa shape index (κ3) is 2.35. The second kappa shape index (κ2) is 4.13. The van der Waals surface area contributed by atoms with Crippen LogP contribution in [-0.2, 0) is 0 Å². The van der Waals surface area contributed by atoms with Gasteiger partial charge in [-0.2, -0.15) is 5.10 Å². The zero-order chi connectivity index (χ0) is 9.84. The van der Waals surface area contributed by atoms with Gasteiger partial charge in [-0.15, -0.1) is 0 Å². The molecule has 0 aliphatic rings. The predicted octanol–water partition coefficient (Wildman–Crippen LogP) is 1.72. The normalized spacial score (nSPS) is 10.6. The number of ketones is 1. The van der Waals surface area contributed by atoms with Crippen molar-refractivity contribution in [2.24, 2.45) is 10.9 Å². The van der Waals surface area contributed by atoms with Gasteiger partial charge in [0.05, 0.1) is 11.8 Å². The van der Waals surface area contributed by atoms with Gasteiger partial charge >= 0.3 is 0 Å². The lowest BCUT2D eigenvalue weighted by Gasteiger charge is -1.97. The summed E-state index contributed by atoms with van der Waals surface area (Å²) in [5.41, 5.74) is -0.0522. The zero-order valence-corrected chi connectivity index (χ0v) is 8.08. The number of Topliss-reactive ketones (excluding diaryl/α,β-unsaturated/α-hetero) is 1. The molecule has 5 heteroatoms. The molecular weight excluding hydrogens is 239 g/mol. The Morgan fingerprint density at radius 1 is 1.62 bits per heavy atom. The smallest absolute Gasteiger partial charge is 0.208 e. The molecule has 13 heavy (non-hydrogen) atoms. The lowest BCUT2D eigenvalue weighted by molar-refractivity contribution is 0.106. The van der Waals surface area contributed by atoms with Gasteiger partial charge in [-0.05, 0) is 18.2 Å². The van der Waals surface area contributed by atoms with Crippen LogP contribution in [0.1, 0.15) is 10.4 Å². The summed E-state index contributed by atoms with van der Waals surface area (Å²) in [5.74, 6) is 3.63. The minimum absolute atomic E-state index is 0.0522. The summed E-state index contributed by atoms with van der Waals surface area (Å²) < 4.78 is 13.6. The van der Waals surface area contributed by atoms with E-state index in [4.69, 9.17) is 5.84 Å². The van der Waals surface area contributed by atoms with Crippen molar-refractivity contribution in [2.45, 2.75) is 0 Å². The Kier molecular flexibility index (Phi) is 3.13. The van der Waals surface area contributed by atoms with Gasteiger partial charge < -0.3 is 5.84 Å². The van der Waals surface area contributed by atoms with Gasteiger partial charge in [-0.1, -0.05) is 15.9 Å². The van der Waals surface area contributed by atoms with E-state index in [0.29, 0.717) is 4.47 Å². The Morgan fingerprint density at radius 2 is 2.31 bits per heavy atom. The van der Waals surface area contributed by atoms with E-state index in [1.54, 1.807) is 0 Å². The number of hydrogen-bond acceptors (Lipinski definition) is 3. The molecule has 0 fully saturated rings. The van der Waals surface area contributed by atoms with Crippen LogP contribution in [0.25, 0.3) is 0 Å². The van der Waals surface area contributed by atoms with Crippen LogP contribution in [0.3, 0.4) is 0 Å². The Labute approximate surface area is 82.6 Å². The zero-order valence-electron chi connectivity index (χ0n) is 6.50. The summed E-state index contributed by atoms with van der Waals surface area (Å²) in [6.07, 6.45) is 0.866. The van der Waals surface area contributed by atoms with Crippen LogP contribution in [-0.4, -0.2) is 12.0 Å². The largest absolute Gasteiger partial charge is 0.323 e. The molecule has 0 aliphatic carbocycles. The third-order valence-corrected chi connectivity index (χ3v) is 1.88. The minimum atomic E-state index is -0.590. The number of benzene rings is 1. The van der Waals surface area contributed by atoms with Crippen LogP contribution >= 0.6 is 15.9 Å². The summed E-state index contributed by atoms with van der Waals surface area (Å²) in [7, 11) is 0. The first-order valence-electron chi connectivity index (χ1n) is 3.38. The SMILES string of the molecule is NN=CC(=O)c1cc(Br)ccc1F. The molecule has 0 spiro atoms. The van der Waals surface area contributed by atoms with E-state index >= 15 is 0 Å². The molecular formula is C8H6BrFN2O. The molecule has 0 saturated heterocycles. The van der Waals surface area contributed by atoms with Gasteiger partial charge in [0.1, 0.15) is 5.82 Å². The van der Waals surface area contributed by atoms with Crippen LogP contribution in [0.2, 0.25) is 0 Å². The van der Waals surface area contributed by atoms with E-state index in [9.17, 15) is 9.18 Å². The molecule has 0 heterocycles. The lowest BCUT2D eigenvalue weighted by atomic mass is 10.1. The van der Waals surface area contributed by atoms with Crippen LogP contribution in [0.15, 0.2) is 27.8 Å². The molecule has 0 bridgehead atoms. The van der Waals surface area contributed by atoms with Crippen molar-refractivity contribution in [3.05, 3.63) is 34.1 Å². The number of halogens is 2. The second-order valence-corrected chi connectivity index (χ2v) is 3.18. The Hall–Kier alpha value is -1.23. The average Bonchev–Trinajstić information content (AvgIpc) is 2.09. The number of hydrogen-bond donors (Lipinski definition) is 1. The van der Waals surface area contributed by atoms with Gasteiger partial charge in [0, 0.05) is 4.47 Å². The molecule has 2 N–H and O–H groups in total. The fourth-order valence-corrected chi connectivity index (χ4v) is 1.18. The molecule has 0 atom stereocenters. The number of hydrazone groups is 1. The van der Waals surface area contributed by atoms with E-state index in [2.05, 4.69) is 21.0 Å². The minimum Gasteiger partial charge on any atom is -0.323 e. The number of nitrogens with two attached hydrogens (primary N) is 1. The first-order valence-corrected chi connectivity index (χ1v) is 4.17. The van der Waals surface area contributed by atoms with Crippen LogP contribution < -0.4 is 5.84 Å². The molecule has 3 nitrogen and oxygen atoms in total. The highest BCUT2D eigenvalue weighted by Crippen LogP contribution is 2.15. The molecule has 0 amide bonds. The fraction of sp³-hybridized carbons (Fsp3) is 0. The summed E-state index contributed by atoms with van der Waals surface area (Å²) in [6.45, 7) is 0. The number of carbonyl (C=O) groups excluding carboxylic acids is 1. The maximum Gasteiger partial charge on any atom is 0.208 e. The highest BCUT2D eigenvalue weighted by molar-refractivity contribution is 9.10. The number of rotatable bonds is 2. The van der Waals surface area contributed by atoms with Crippen molar-refractivity contribution < 1.29 is 9.18 Å². The number of nitrogens with zero attached hydrogens (tertiary/aromatic N) is 1. The maximum absolute atomic E-state index is 13.0. The van der Waals surface area contributed by atoms with Gasteiger partial charge in [-0.3, -0.25) is 4.79 Å². The van der Waals surface area contributed by atoms with Gasteiger partial charge in [0.25, 0.3) is 0 Å². The van der Waals surface area contributed by atoms with E-state index in [-0.39, 0.29) is 5.56 Å². The Bertz CT molecular complexity index is 365. The molecule has 0 aliphatic heterocycles. The van der Waals surface area contributed by atoms with Gasteiger partial charge in [0.2, 0.25) is 5.78 Å². The Morgan fingerprint density at radius 3 is 2.92 bits per heavy atom. The molecule has 68 valence electrons. The van der Waals surface area contributed by atoms with Crippen LogP contribution in [0, 0.1) is 5.82 Å².